The average Bonchev–Trinajstić information content (AvgIpc) is 2.67. The van der Waals surface area contributed by atoms with Gasteiger partial charge in [-0.1, -0.05) is 6.07 Å². The molecule has 1 aliphatic rings. The van der Waals surface area contributed by atoms with Gasteiger partial charge in [-0.05, 0) is 48.7 Å². The monoisotopic (exact) mass is 368 g/mol. The maximum Gasteiger partial charge on any atom is 0.344 e. The highest BCUT2D eigenvalue weighted by molar-refractivity contribution is 5.87. The van der Waals surface area contributed by atoms with E-state index < -0.39 is 11.4 Å². The number of benzene rings is 2. The molecule has 1 aromatic heterocycles. The van der Waals surface area contributed by atoms with Gasteiger partial charge in [-0.3, -0.25) is 0 Å². The number of methoxy groups -OCH3 is 1. The van der Waals surface area contributed by atoms with Gasteiger partial charge < -0.3 is 19.4 Å². The van der Waals surface area contributed by atoms with Gasteiger partial charge in [-0.15, -0.1) is 0 Å². The molecule has 140 valence electrons. The van der Waals surface area contributed by atoms with Gasteiger partial charge in [0.2, 0.25) is 0 Å². The van der Waals surface area contributed by atoms with Crippen molar-refractivity contribution in [1.29, 1.82) is 0 Å². The maximum atomic E-state index is 13.7. The molecule has 2 heterocycles. The molecule has 5 nitrogen and oxygen atoms in total. The quantitative estimate of drug-likeness (QED) is 0.768. The molecule has 0 amide bonds. The lowest BCUT2D eigenvalue weighted by atomic mass is 10.1. The lowest BCUT2D eigenvalue weighted by Crippen LogP contribution is -2.49. The number of nitrogens with zero attached hydrogens (tertiary/aromatic N) is 1. The van der Waals surface area contributed by atoms with Gasteiger partial charge in [0.05, 0.1) is 18.1 Å². The number of anilines is 1. The topological polar surface area (TPSA) is 54.7 Å². The molecule has 1 fully saturated rings. The summed E-state index contributed by atoms with van der Waals surface area (Å²) in [4.78, 5) is 14.9. The molecule has 0 unspecified atom stereocenters. The fraction of sp³-hybridized carbons (Fsp3) is 0.286. The molecule has 1 saturated heterocycles. The van der Waals surface area contributed by atoms with Crippen LogP contribution in [-0.2, 0) is 0 Å². The standard InChI is InChI=1S/C21H21FN2O3/c1-13-12-24(8-7-23-13)16-5-3-14-9-20(27-21(25)17(14)11-16)18-10-15(22)4-6-19(18)26-2/h3-6,9-11,13,23H,7-8,12H2,1-2H3/t13-/m0/s1. The molecule has 0 saturated carbocycles. The number of hydrogen-bond acceptors (Lipinski definition) is 5. The summed E-state index contributed by atoms with van der Waals surface area (Å²) in [7, 11) is 1.50. The van der Waals surface area contributed by atoms with Crippen molar-refractivity contribution in [1.82, 2.24) is 5.32 Å². The lowest BCUT2D eigenvalue weighted by molar-refractivity contribution is 0.412. The Morgan fingerprint density at radius 2 is 2.07 bits per heavy atom. The molecule has 0 radical (unpaired) electrons. The molecule has 0 spiro atoms. The Morgan fingerprint density at radius 1 is 1.22 bits per heavy atom. The number of piperazine rings is 1. The molecule has 3 aromatic rings. The SMILES string of the molecule is COc1ccc(F)cc1-c1cc2ccc(N3CCN[C@@H](C)C3)cc2c(=O)o1. The minimum Gasteiger partial charge on any atom is -0.496 e. The smallest absolute Gasteiger partial charge is 0.344 e. The zero-order valence-corrected chi connectivity index (χ0v) is 15.3. The van der Waals surface area contributed by atoms with Gasteiger partial charge in [0.15, 0.2) is 0 Å². The molecule has 27 heavy (non-hydrogen) atoms. The van der Waals surface area contributed by atoms with Crippen LogP contribution in [0.2, 0.25) is 0 Å². The Bertz CT molecular complexity index is 1050. The maximum absolute atomic E-state index is 13.7. The highest BCUT2D eigenvalue weighted by Gasteiger charge is 2.18. The molecular formula is C21H21FN2O3. The third-order valence-electron chi connectivity index (χ3n) is 4.91. The zero-order chi connectivity index (χ0) is 19.0. The number of rotatable bonds is 3. The van der Waals surface area contributed by atoms with Crippen LogP contribution in [-0.4, -0.2) is 32.8 Å². The van der Waals surface area contributed by atoms with E-state index in [1.54, 1.807) is 6.07 Å². The van der Waals surface area contributed by atoms with Crippen LogP contribution < -0.4 is 20.6 Å². The Kier molecular flexibility index (Phi) is 4.58. The third kappa shape index (κ3) is 3.40. The zero-order valence-electron chi connectivity index (χ0n) is 15.3. The molecule has 1 aliphatic heterocycles. The minimum absolute atomic E-state index is 0.285. The number of hydrogen-bond donors (Lipinski definition) is 1. The lowest BCUT2D eigenvalue weighted by Gasteiger charge is -2.33. The van der Waals surface area contributed by atoms with Gasteiger partial charge in [-0.2, -0.15) is 0 Å². The summed E-state index contributed by atoms with van der Waals surface area (Å²) in [5, 5.41) is 4.67. The van der Waals surface area contributed by atoms with Crippen molar-refractivity contribution in [3.63, 3.8) is 0 Å². The van der Waals surface area contributed by atoms with Crippen molar-refractivity contribution in [2.24, 2.45) is 0 Å². The number of ether oxygens (including phenoxy) is 1. The van der Waals surface area contributed by atoms with Crippen LogP contribution in [0.1, 0.15) is 6.92 Å². The van der Waals surface area contributed by atoms with Crippen LogP contribution in [0.5, 0.6) is 5.75 Å². The summed E-state index contributed by atoms with van der Waals surface area (Å²) in [6, 6.07) is 12.1. The summed E-state index contributed by atoms with van der Waals surface area (Å²) in [6.45, 7) is 4.82. The van der Waals surface area contributed by atoms with E-state index >= 15 is 0 Å². The van der Waals surface area contributed by atoms with Crippen molar-refractivity contribution in [3.8, 4) is 17.1 Å². The molecule has 0 aliphatic carbocycles. The van der Waals surface area contributed by atoms with E-state index in [1.165, 1.54) is 25.3 Å². The summed E-state index contributed by atoms with van der Waals surface area (Å²) in [6.07, 6.45) is 0. The van der Waals surface area contributed by atoms with Crippen LogP contribution in [0.3, 0.4) is 0 Å². The molecule has 1 N–H and O–H groups in total. The molecule has 6 heteroatoms. The summed E-state index contributed by atoms with van der Waals surface area (Å²) < 4.78 is 24.5. The average molecular weight is 368 g/mol. The molecule has 1 atom stereocenters. The van der Waals surface area contributed by atoms with Crippen molar-refractivity contribution in [2.45, 2.75) is 13.0 Å². The first-order valence-corrected chi connectivity index (χ1v) is 8.95. The van der Waals surface area contributed by atoms with E-state index in [0.717, 1.165) is 30.7 Å². The molecule has 0 bridgehead atoms. The molecule has 2 aromatic carbocycles. The van der Waals surface area contributed by atoms with Gasteiger partial charge in [-0.25, -0.2) is 9.18 Å². The van der Waals surface area contributed by atoms with Crippen LogP contribution in [0.25, 0.3) is 22.1 Å². The van der Waals surface area contributed by atoms with Crippen molar-refractivity contribution in [2.75, 3.05) is 31.6 Å². The van der Waals surface area contributed by atoms with Crippen LogP contribution in [0, 0.1) is 5.82 Å². The van der Waals surface area contributed by atoms with Gasteiger partial charge in [0.1, 0.15) is 17.3 Å². The highest BCUT2D eigenvalue weighted by Crippen LogP contribution is 2.32. The second-order valence-corrected chi connectivity index (χ2v) is 6.82. The molecule has 4 rings (SSSR count). The van der Waals surface area contributed by atoms with Crippen LogP contribution in [0.15, 0.2) is 51.7 Å². The van der Waals surface area contributed by atoms with Crippen LogP contribution >= 0.6 is 0 Å². The summed E-state index contributed by atoms with van der Waals surface area (Å²) >= 11 is 0. The van der Waals surface area contributed by atoms with Crippen molar-refractivity contribution < 1.29 is 13.5 Å². The van der Waals surface area contributed by atoms with Gasteiger partial charge in [0, 0.05) is 31.4 Å². The van der Waals surface area contributed by atoms with E-state index in [4.69, 9.17) is 9.15 Å². The van der Waals surface area contributed by atoms with E-state index in [1.807, 2.05) is 18.2 Å². The summed E-state index contributed by atoms with van der Waals surface area (Å²) in [5.41, 5.74) is 0.967. The molecular weight excluding hydrogens is 347 g/mol. The van der Waals surface area contributed by atoms with E-state index in [2.05, 4.69) is 17.1 Å². The Balaban J connectivity index is 1.78. The third-order valence-corrected chi connectivity index (χ3v) is 4.91. The largest absolute Gasteiger partial charge is 0.496 e. The Labute approximate surface area is 156 Å². The first kappa shape index (κ1) is 17.5. The van der Waals surface area contributed by atoms with E-state index in [0.29, 0.717) is 22.7 Å². The number of halogens is 1. The fourth-order valence-electron chi connectivity index (χ4n) is 3.54. The van der Waals surface area contributed by atoms with Crippen molar-refractivity contribution >= 4 is 16.5 Å². The highest BCUT2D eigenvalue weighted by atomic mass is 19.1. The Morgan fingerprint density at radius 3 is 2.85 bits per heavy atom. The summed E-state index contributed by atoms with van der Waals surface area (Å²) in [5.74, 6) is 0.314. The number of fused-ring (bicyclic) bond motifs is 1. The first-order chi connectivity index (χ1) is 13.0. The van der Waals surface area contributed by atoms with Crippen molar-refractivity contribution in [3.05, 3.63) is 58.7 Å². The predicted octanol–water partition coefficient (Wildman–Crippen LogP) is 3.41. The normalized spacial score (nSPS) is 17.3. The number of nitrogens with one attached hydrogen (secondary N) is 1. The first-order valence-electron chi connectivity index (χ1n) is 8.95. The van der Waals surface area contributed by atoms with E-state index in [9.17, 15) is 9.18 Å². The Hall–Kier alpha value is -2.86. The van der Waals surface area contributed by atoms with Crippen LogP contribution in [0.4, 0.5) is 10.1 Å². The van der Waals surface area contributed by atoms with Gasteiger partial charge in [0.25, 0.3) is 0 Å². The second-order valence-electron chi connectivity index (χ2n) is 6.82. The predicted molar refractivity (Wildman–Crippen MR) is 104 cm³/mol. The minimum atomic E-state index is -0.446. The fourth-order valence-corrected chi connectivity index (χ4v) is 3.54. The second kappa shape index (κ2) is 7.04. The van der Waals surface area contributed by atoms with Gasteiger partial charge >= 0.3 is 5.63 Å². The van der Waals surface area contributed by atoms with E-state index in [-0.39, 0.29) is 5.76 Å².